The number of halogens is 1. The molecule has 0 spiro atoms. The number of rotatable bonds is 5. The van der Waals surface area contributed by atoms with Crippen molar-refractivity contribution >= 4 is 28.2 Å². The molecular weight excluding hydrogens is 350 g/mol. The van der Waals surface area contributed by atoms with Gasteiger partial charge in [-0.3, -0.25) is 4.79 Å². The minimum absolute atomic E-state index is 0.142. The number of para-hydroxylation sites is 1. The maximum Gasteiger partial charge on any atom is 0.328 e. The van der Waals surface area contributed by atoms with Crippen LogP contribution in [0.2, 0.25) is 0 Å². The maximum atomic E-state index is 12.1. The van der Waals surface area contributed by atoms with Crippen molar-refractivity contribution in [2.75, 3.05) is 0 Å². The molecule has 0 aliphatic rings. The van der Waals surface area contributed by atoms with Gasteiger partial charge in [0, 0.05) is 0 Å². The standard InChI is InChI=1S/C16H14BrNO4/c17-13-3-1-2-11(9-19)15(13)22-16(21)14(18)8-10-4-6-12(20)7-5-10/h1-7,9,14,20H,8,18H2/t14-/m0/s1. The fourth-order valence-electron chi connectivity index (χ4n) is 1.87. The van der Waals surface area contributed by atoms with E-state index in [1.807, 2.05) is 0 Å². The summed E-state index contributed by atoms with van der Waals surface area (Å²) >= 11 is 3.24. The van der Waals surface area contributed by atoms with E-state index in [0.717, 1.165) is 5.56 Å². The number of esters is 1. The molecule has 2 aromatic rings. The van der Waals surface area contributed by atoms with E-state index in [4.69, 9.17) is 10.5 Å². The highest BCUT2D eigenvalue weighted by molar-refractivity contribution is 9.10. The van der Waals surface area contributed by atoms with Crippen molar-refractivity contribution in [2.45, 2.75) is 12.5 Å². The highest BCUT2D eigenvalue weighted by Crippen LogP contribution is 2.28. The van der Waals surface area contributed by atoms with Gasteiger partial charge in [-0.15, -0.1) is 0 Å². The third-order valence-electron chi connectivity index (χ3n) is 3.02. The summed E-state index contributed by atoms with van der Waals surface area (Å²) in [6.45, 7) is 0. The molecule has 5 nitrogen and oxygen atoms in total. The van der Waals surface area contributed by atoms with Crippen molar-refractivity contribution in [2.24, 2.45) is 5.73 Å². The average molecular weight is 364 g/mol. The van der Waals surface area contributed by atoms with E-state index in [1.54, 1.807) is 30.3 Å². The molecule has 0 aromatic heterocycles. The molecule has 0 aliphatic heterocycles. The Morgan fingerprint density at radius 1 is 1.27 bits per heavy atom. The number of nitrogens with two attached hydrogens (primary N) is 1. The summed E-state index contributed by atoms with van der Waals surface area (Å²) in [7, 11) is 0. The Morgan fingerprint density at radius 2 is 1.95 bits per heavy atom. The molecule has 2 aromatic carbocycles. The van der Waals surface area contributed by atoms with Crippen LogP contribution in [-0.2, 0) is 11.2 Å². The van der Waals surface area contributed by atoms with E-state index in [2.05, 4.69) is 15.9 Å². The van der Waals surface area contributed by atoms with Crippen LogP contribution in [0.4, 0.5) is 0 Å². The summed E-state index contributed by atoms with van der Waals surface area (Å²) in [5.41, 5.74) is 6.90. The molecule has 1 atom stereocenters. The third-order valence-corrected chi connectivity index (χ3v) is 3.65. The number of carbonyl (C=O) groups excluding carboxylic acids is 2. The molecule has 6 heteroatoms. The van der Waals surface area contributed by atoms with Gasteiger partial charge in [0.1, 0.15) is 11.8 Å². The van der Waals surface area contributed by atoms with E-state index < -0.39 is 12.0 Å². The fraction of sp³-hybridized carbons (Fsp3) is 0.125. The van der Waals surface area contributed by atoms with Gasteiger partial charge in [0.25, 0.3) is 0 Å². The van der Waals surface area contributed by atoms with Gasteiger partial charge in [-0.2, -0.15) is 0 Å². The number of ether oxygens (including phenoxy) is 1. The van der Waals surface area contributed by atoms with Gasteiger partial charge >= 0.3 is 5.97 Å². The van der Waals surface area contributed by atoms with E-state index in [0.29, 0.717) is 10.8 Å². The van der Waals surface area contributed by atoms with E-state index in [9.17, 15) is 14.7 Å². The van der Waals surface area contributed by atoms with E-state index in [1.165, 1.54) is 12.1 Å². The van der Waals surface area contributed by atoms with Gasteiger partial charge in [-0.1, -0.05) is 18.2 Å². The van der Waals surface area contributed by atoms with E-state index >= 15 is 0 Å². The zero-order valence-corrected chi connectivity index (χ0v) is 13.1. The topological polar surface area (TPSA) is 89.6 Å². The Morgan fingerprint density at radius 3 is 2.59 bits per heavy atom. The Kier molecular flexibility index (Phi) is 5.30. The molecule has 0 saturated heterocycles. The minimum atomic E-state index is -0.879. The van der Waals surface area contributed by atoms with Crippen LogP contribution in [0, 0.1) is 0 Å². The first-order chi connectivity index (χ1) is 10.5. The lowest BCUT2D eigenvalue weighted by Crippen LogP contribution is -2.36. The SMILES string of the molecule is N[C@@H](Cc1ccc(O)cc1)C(=O)Oc1c(Br)cccc1C=O. The lowest BCUT2D eigenvalue weighted by Gasteiger charge is -2.13. The monoisotopic (exact) mass is 363 g/mol. The molecule has 0 unspecified atom stereocenters. The summed E-state index contributed by atoms with van der Waals surface area (Å²) in [5.74, 6) is -0.338. The van der Waals surface area contributed by atoms with Crippen molar-refractivity contribution < 1.29 is 19.4 Å². The van der Waals surface area contributed by atoms with Gasteiger partial charge in [0.2, 0.25) is 0 Å². The summed E-state index contributed by atoms with van der Waals surface area (Å²) in [6.07, 6.45) is 0.874. The molecule has 0 saturated carbocycles. The Balaban J connectivity index is 2.09. The number of phenolic OH excluding ortho intramolecular Hbond substituents is 1. The lowest BCUT2D eigenvalue weighted by atomic mass is 10.1. The van der Waals surface area contributed by atoms with Crippen molar-refractivity contribution in [1.29, 1.82) is 0 Å². The fourth-order valence-corrected chi connectivity index (χ4v) is 2.33. The Hall–Kier alpha value is -2.18. The summed E-state index contributed by atoms with van der Waals surface area (Å²) < 4.78 is 5.74. The molecule has 2 rings (SSSR count). The second-order valence-electron chi connectivity index (χ2n) is 4.67. The van der Waals surface area contributed by atoms with Crippen molar-refractivity contribution in [1.82, 2.24) is 0 Å². The predicted octanol–water partition coefficient (Wildman–Crippen LogP) is 2.44. The van der Waals surface area contributed by atoms with E-state index in [-0.39, 0.29) is 23.5 Å². The second-order valence-corrected chi connectivity index (χ2v) is 5.53. The molecule has 0 amide bonds. The van der Waals surface area contributed by atoms with Crippen molar-refractivity contribution in [3.05, 3.63) is 58.1 Å². The number of benzene rings is 2. The van der Waals surface area contributed by atoms with Gasteiger partial charge < -0.3 is 15.6 Å². The van der Waals surface area contributed by atoms with Crippen LogP contribution in [0.25, 0.3) is 0 Å². The number of aldehydes is 1. The van der Waals surface area contributed by atoms with Gasteiger partial charge in [-0.25, -0.2) is 4.79 Å². The van der Waals surface area contributed by atoms with Gasteiger partial charge in [0.15, 0.2) is 12.0 Å². The van der Waals surface area contributed by atoms with Crippen molar-refractivity contribution in [3.63, 3.8) is 0 Å². The molecule has 3 N–H and O–H groups in total. The van der Waals surface area contributed by atoms with Gasteiger partial charge in [-0.05, 0) is 52.2 Å². The molecule has 114 valence electrons. The lowest BCUT2D eigenvalue weighted by molar-refractivity contribution is -0.135. The quantitative estimate of drug-likeness (QED) is 0.483. The number of hydrogen-bond acceptors (Lipinski definition) is 5. The number of phenols is 1. The zero-order chi connectivity index (χ0) is 16.1. The van der Waals surface area contributed by atoms with Gasteiger partial charge in [0.05, 0.1) is 10.0 Å². The average Bonchev–Trinajstić information content (AvgIpc) is 2.51. The largest absolute Gasteiger partial charge is 0.508 e. The Bertz CT molecular complexity index is 685. The zero-order valence-electron chi connectivity index (χ0n) is 11.5. The molecule has 0 bridgehead atoms. The smallest absolute Gasteiger partial charge is 0.328 e. The van der Waals surface area contributed by atoms with Crippen molar-refractivity contribution in [3.8, 4) is 11.5 Å². The number of carbonyl (C=O) groups is 2. The molecule has 0 heterocycles. The summed E-state index contributed by atoms with van der Waals surface area (Å²) in [5, 5.41) is 9.22. The highest BCUT2D eigenvalue weighted by atomic mass is 79.9. The van der Waals surface area contributed by atoms with Crippen LogP contribution in [0.3, 0.4) is 0 Å². The predicted molar refractivity (Wildman–Crippen MR) is 85.0 cm³/mol. The molecule has 0 fully saturated rings. The first-order valence-corrected chi connectivity index (χ1v) is 7.29. The number of aromatic hydroxyl groups is 1. The highest BCUT2D eigenvalue weighted by Gasteiger charge is 2.19. The minimum Gasteiger partial charge on any atom is -0.508 e. The summed E-state index contributed by atoms with van der Waals surface area (Å²) in [6, 6.07) is 10.4. The molecular formula is C16H14BrNO4. The van der Waals surface area contributed by atoms with Crippen LogP contribution in [0.1, 0.15) is 15.9 Å². The summed E-state index contributed by atoms with van der Waals surface area (Å²) in [4.78, 5) is 23.1. The molecule has 0 aliphatic carbocycles. The second kappa shape index (κ2) is 7.20. The Labute approximate surface area is 135 Å². The first kappa shape index (κ1) is 16.2. The maximum absolute atomic E-state index is 12.1. The third kappa shape index (κ3) is 3.93. The first-order valence-electron chi connectivity index (χ1n) is 6.50. The number of hydrogen-bond donors (Lipinski definition) is 2. The van der Waals surface area contributed by atoms with Crippen LogP contribution < -0.4 is 10.5 Å². The normalized spacial score (nSPS) is 11.7. The van der Waals surface area contributed by atoms with Crippen LogP contribution in [0.5, 0.6) is 11.5 Å². The van der Waals surface area contributed by atoms with Crippen LogP contribution >= 0.6 is 15.9 Å². The molecule has 0 radical (unpaired) electrons. The molecule has 22 heavy (non-hydrogen) atoms. The van der Waals surface area contributed by atoms with Crippen LogP contribution in [-0.4, -0.2) is 23.4 Å². The van der Waals surface area contributed by atoms with Crippen LogP contribution in [0.15, 0.2) is 46.9 Å².